The van der Waals surface area contributed by atoms with Crippen LogP contribution in [0.4, 0.5) is 0 Å². The molecule has 0 saturated carbocycles. The van der Waals surface area contributed by atoms with Crippen molar-refractivity contribution in [2.75, 3.05) is 0 Å². The largest absolute Gasteiger partial charge is 0.273 e. The summed E-state index contributed by atoms with van der Waals surface area (Å²) < 4.78 is 2.11. The van der Waals surface area contributed by atoms with E-state index in [1.54, 1.807) is 0 Å². The Morgan fingerprint density at radius 3 is 2.12 bits per heavy atom. The molecule has 4 nitrogen and oxygen atoms in total. The molecule has 128 valence electrons. The molecule has 2 aromatic carbocycles. The van der Waals surface area contributed by atoms with E-state index in [9.17, 15) is 0 Å². The highest BCUT2D eigenvalue weighted by Gasteiger charge is 2.19. The van der Waals surface area contributed by atoms with Crippen LogP contribution in [-0.4, -0.2) is 19.7 Å². The number of benzene rings is 2. The third kappa shape index (κ3) is 2.80. The fraction of sp³-hybridized carbons (Fsp3) is 0.136. The topological polar surface area (TPSA) is 43.6 Å². The lowest BCUT2D eigenvalue weighted by molar-refractivity contribution is 1.00. The Labute approximate surface area is 153 Å². The number of hydrogen-bond acceptors (Lipinski definition) is 3. The molecule has 26 heavy (non-hydrogen) atoms. The zero-order chi connectivity index (χ0) is 18.1. The summed E-state index contributed by atoms with van der Waals surface area (Å²) in [4.78, 5) is 4.65. The van der Waals surface area contributed by atoms with Crippen molar-refractivity contribution in [1.82, 2.24) is 19.7 Å². The van der Waals surface area contributed by atoms with Gasteiger partial charge in [-0.2, -0.15) is 0 Å². The predicted octanol–water partition coefficient (Wildman–Crippen LogP) is 4.92. The van der Waals surface area contributed by atoms with E-state index in [0.717, 1.165) is 39.9 Å². The second-order valence-corrected chi connectivity index (χ2v) is 6.42. The van der Waals surface area contributed by atoms with E-state index in [1.165, 1.54) is 5.56 Å². The Hall–Kier alpha value is -3.27. The van der Waals surface area contributed by atoms with Crippen molar-refractivity contribution in [2.24, 2.45) is 0 Å². The van der Waals surface area contributed by atoms with Crippen LogP contribution in [0.25, 0.3) is 28.5 Å². The first-order chi connectivity index (χ1) is 12.6. The molecule has 0 spiro atoms. The number of nitrogens with zero attached hydrogens (tertiary/aromatic N) is 4. The lowest BCUT2D eigenvalue weighted by Gasteiger charge is -2.14. The van der Waals surface area contributed by atoms with Crippen LogP contribution in [0.2, 0.25) is 0 Å². The van der Waals surface area contributed by atoms with Crippen molar-refractivity contribution in [1.29, 1.82) is 0 Å². The first-order valence-corrected chi connectivity index (χ1v) is 8.66. The molecule has 0 N–H and O–H groups in total. The summed E-state index contributed by atoms with van der Waals surface area (Å²) in [6.45, 7) is 6.12. The van der Waals surface area contributed by atoms with Gasteiger partial charge in [0.25, 0.3) is 0 Å². The van der Waals surface area contributed by atoms with Gasteiger partial charge in [-0.15, -0.1) is 10.2 Å². The average Bonchev–Trinajstić information content (AvgIpc) is 3.07. The zero-order valence-corrected chi connectivity index (χ0v) is 15.1. The summed E-state index contributed by atoms with van der Waals surface area (Å²) >= 11 is 0. The standard InChI is InChI=1S/C22H20N4/c1-15-9-7-8-12-19(15)22-25-24-21(18-10-5-4-6-11-18)26(22)20-14-13-16(2)23-17(20)3/h4-14H,1-3H3. The lowest BCUT2D eigenvalue weighted by atomic mass is 10.1. The monoisotopic (exact) mass is 340 g/mol. The van der Waals surface area contributed by atoms with Crippen LogP contribution in [0.15, 0.2) is 66.7 Å². The summed E-state index contributed by atoms with van der Waals surface area (Å²) in [5.74, 6) is 1.65. The van der Waals surface area contributed by atoms with Crippen LogP contribution >= 0.6 is 0 Å². The molecule has 2 heterocycles. The number of hydrogen-bond donors (Lipinski definition) is 0. The molecular formula is C22H20N4. The fourth-order valence-electron chi connectivity index (χ4n) is 3.20. The number of rotatable bonds is 3. The van der Waals surface area contributed by atoms with Crippen molar-refractivity contribution >= 4 is 0 Å². The van der Waals surface area contributed by atoms with Crippen LogP contribution in [0, 0.1) is 20.8 Å². The normalized spacial score (nSPS) is 10.9. The number of aromatic nitrogens is 4. The second kappa shape index (κ2) is 6.56. The average molecular weight is 340 g/mol. The molecule has 0 aliphatic heterocycles. The fourth-order valence-corrected chi connectivity index (χ4v) is 3.20. The van der Waals surface area contributed by atoms with Gasteiger partial charge in [-0.1, -0.05) is 54.6 Å². The summed E-state index contributed by atoms with van der Waals surface area (Å²) in [5, 5.41) is 9.08. The van der Waals surface area contributed by atoms with Crippen LogP contribution in [0.3, 0.4) is 0 Å². The first-order valence-electron chi connectivity index (χ1n) is 8.66. The lowest BCUT2D eigenvalue weighted by Crippen LogP contribution is -2.05. The summed E-state index contributed by atoms with van der Waals surface area (Å²) in [5.41, 5.74) is 6.22. The first kappa shape index (κ1) is 16.2. The van der Waals surface area contributed by atoms with Gasteiger partial charge in [0.1, 0.15) is 0 Å². The van der Waals surface area contributed by atoms with E-state index in [-0.39, 0.29) is 0 Å². The molecular weight excluding hydrogens is 320 g/mol. The van der Waals surface area contributed by atoms with Crippen molar-refractivity contribution in [3.63, 3.8) is 0 Å². The minimum absolute atomic E-state index is 0.817. The molecule has 4 rings (SSSR count). The summed E-state index contributed by atoms with van der Waals surface area (Å²) in [6.07, 6.45) is 0. The van der Waals surface area contributed by atoms with Gasteiger partial charge in [0.2, 0.25) is 0 Å². The third-order valence-electron chi connectivity index (χ3n) is 4.52. The van der Waals surface area contributed by atoms with E-state index >= 15 is 0 Å². The third-order valence-corrected chi connectivity index (χ3v) is 4.52. The summed E-state index contributed by atoms with van der Waals surface area (Å²) in [6, 6.07) is 22.5. The molecule has 0 unspecified atom stereocenters. The zero-order valence-electron chi connectivity index (χ0n) is 15.1. The Balaban J connectivity index is 2.03. The second-order valence-electron chi connectivity index (χ2n) is 6.42. The molecule has 0 amide bonds. The van der Waals surface area contributed by atoms with Gasteiger partial charge in [-0.25, -0.2) is 0 Å². The molecule has 0 aliphatic carbocycles. The van der Waals surface area contributed by atoms with Gasteiger partial charge in [0.15, 0.2) is 11.6 Å². The smallest absolute Gasteiger partial charge is 0.169 e. The maximum absolute atomic E-state index is 4.65. The minimum atomic E-state index is 0.817. The molecule has 0 saturated heterocycles. The molecule has 4 aromatic rings. The van der Waals surface area contributed by atoms with Gasteiger partial charge in [-0.05, 0) is 38.5 Å². The van der Waals surface area contributed by atoms with Crippen LogP contribution in [0.5, 0.6) is 0 Å². The van der Waals surface area contributed by atoms with Gasteiger partial charge >= 0.3 is 0 Å². The molecule has 0 atom stereocenters. The highest BCUT2D eigenvalue weighted by molar-refractivity contribution is 5.69. The quantitative estimate of drug-likeness (QED) is 0.531. The van der Waals surface area contributed by atoms with E-state index in [2.05, 4.69) is 57.0 Å². The maximum atomic E-state index is 4.65. The van der Waals surface area contributed by atoms with Crippen molar-refractivity contribution in [2.45, 2.75) is 20.8 Å². The Kier molecular flexibility index (Phi) is 4.09. The molecule has 0 radical (unpaired) electrons. The van der Waals surface area contributed by atoms with E-state index in [4.69, 9.17) is 0 Å². The Morgan fingerprint density at radius 2 is 1.38 bits per heavy atom. The van der Waals surface area contributed by atoms with Crippen molar-refractivity contribution in [3.05, 3.63) is 83.7 Å². The Morgan fingerprint density at radius 1 is 0.692 bits per heavy atom. The van der Waals surface area contributed by atoms with Crippen LogP contribution < -0.4 is 0 Å². The molecule has 2 aromatic heterocycles. The molecule has 4 heteroatoms. The predicted molar refractivity (Wildman–Crippen MR) is 104 cm³/mol. The molecule has 0 bridgehead atoms. The molecule has 0 aliphatic rings. The van der Waals surface area contributed by atoms with Crippen LogP contribution in [-0.2, 0) is 0 Å². The molecule has 0 fully saturated rings. The van der Waals surface area contributed by atoms with Crippen LogP contribution in [0.1, 0.15) is 17.0 Å². The Bertz CT molecular complexity index is 1060. The number of pyridine rings is 1. The van der Waals surface area contributed by atoms with Gasteiger partial charge in [0, 0.05) is 16.8 Å². The summed E-state index contributed by atoms with van der Waals surface area (Å²) in [7, 11) is 0. The maximum Gasteiger partial charge on any atom is 0.169 e. The van der Waals surface area contributed by atoms with Crippen molar-refractivity contribution in [3.8, 4) is 28.5 Å². The highest BCUT2D eigenvalue weighted by atomic mass is 15.3. The highest BCUT2D eigenvalue weighted by Crippen LogP contribution is 2.30. The minimum Gasteiger partial charge on any atom is -0.273 e. The van der Waals surface area contributed by atoms with E-state index < -0.39 is 0 Å². The van der Waals surface area contributed by atoms with E-state index in [1.807, 2.05) is 50.2 Å². The SMILES string of the molecule is Cc1ccc(-n2c(-c3ccccc3)nnc2-c2ccccc2C)c(C)n1. The van der Waals surface area contributed by atoms with Gasteiger partial charge < -0.3 is 0 Å². The van der Waals surface area contributed by atoms with Crippen molar-refractivity contribution < 1.29 is 0 Å². The van der Waals surface area contributed by atoms with Gasteiger partial charge in [0.05, 0.1) is 11.4 Å². The number of aryl methyl sites for hydroxylation is 3. The van der Waals surface area contributed by atoms with Gasteiger partial charge in [-0.3, -0.25) is 9.55 Å². The van der Waals surface area contributed by atoms with E-state index in [0.29, 0.717) is 0 Å².